The summed E-state index contributed by atoms with van der Waals surface area (Å²) in [7, 11) is 1.43. The van der Waals surface area contributed by atoms with Gasteiger partial charge in [0.2, 0.25) is 5.91 Å². The Morgan fingerprint density at radius 1 is 1.18 bits per heavy atom. The van der Waals surface area contributed by atoms with Crippen molar-refractivity contribution < 1.29 is 19.4 Å². The van der Waals surface area contributed by atoms with Crippen molar-refractivity contribution in [3.05, 3.63) is 65.4 Å². The molecule has 0 radical (unpaired) electrons. The highest BCUT2D eigenvalue weighted by atomic mass is 16.5. The largest absolute Gasteiger partial charge is 0.504 e. The minimum atomic E-state index is -0.757. The number of ether oxygens (including phenoxy) is 1. The Balaban J connectivity index is 1.94. The number of carbonyl (C=O) groups is 2. The summed E-state index contributed by atoms with van der Waals surface area (Å²) in [6.45, 7) is 7.77. The molecular formula is C21H23N3O4. The van der Waals surface area contributed by atoms with E-state index in [1.807, 2.05) is 32.0 Å². The average Bonchev–Trinajstić information content (AvgIpc) is 2.60. The maximum atomic E-state index is 13.1. The number of hydrogen-bond acceptors (Lipinski definition) is 4. The molecule has 1 heterocycles. The van der Waals surface area contributed by atoms with Gasteiger partial charge in [0.1, 0.15) is 5.92 Å². The SMILES string of the molecule is C=C1NC(=O)N[C@H](c2ccc(O)c(OC)c2)[C@@H]1C(=O)Nc1cc(C)cc(C)c1. The van der Waals surface area contributed by atoms with Crippen LogP contribution in [0.2, 0.25) is 0 Å². The van der Waals surface area contributed by atoms with Crippen molar-refractivity contribution in [2.75, 3.05) is 12.4 Å². The molecule has 7 heteroatoms. The van der Waals surface area contributed by atoms with E-state index in [4.69, 9.17) is 4.74 Å². The Morgan fingerprint density at radius 2 is 1.86 bits per heavy atom. The number of amides is 3. The minimum absolute atomic E-state index is 0.0263. The molecule has 0 saturated carbocycles. The van der Waals surface area contributed by atoms with Crippen LogP contribution in [0.4, 0.5) is 10.5 Å². The predicted molar refractivity (Wildman–Crippen MR) is 106 cm³/mol. The zero-order valence-corrected chi connectivity index (χ0v) is 16.0. The van der Waals surface area contributed by atoms with Crippen molar-refractivity contribution >= 4 is 17.6 Å². The van der Waals surface area contributed by atoms with E-state index < -0.39 is 18.0 Å². The topological polar surface area (TPSA) is 99.7 Å². The molecule has 2 atom stereocenters. The third-order valence-corrected chi connectivity index (χ3v) is 4.60. The molecule has 0 unspecified atom stereocenters. The summed E-state index contributed by atoms with van der Waals surface area (Å²) in [6, 6.07) is 9.35. The molecule has 4 N–H and O–H groups in total. The molecule has 3 rings (SSSR count). The van der Waals surface area contributed by atoms with Gasteiger partial charge in [0.25, 0.3) is 0 Å². The Morgan fingerprint density at radius 3 is 2.50 bits per heavy atom. The van der Waals surface area contributed by atoms with E-state index in [9.17, 15) is 14.7 Å². The van der Waals surface area contributed by atoms with E-state index in [-0.39, 0.29) is 17.4 Å². The molecule has 1 saturated heterocycles. The number of anilines is 1. The van der Waals surface area contributed by atoms with Crippen LogP contribution in [-0.4, -0.2) is 24.2 Å². The van der Waals surface area contributed by atoms with E-state index in [0.29, 0.717) is 16.9 Å². The number of aryl methyl sites for hydroxylation is 2. The quantitative estimate of drug-likeness (QED) is 0.654. The van der Waals surface area contributed by atoms with Crippen LogP contribution in [0.1, 0.15) is 22.7 Å². The number of aromatic hydroxyl groups is 1. The molecule has 1 aliphatic rings. The van der Waals surface area contributed by atoms with E-state index in [1.165, 1.54) is 13.2 Å². The highest BCUT2D eigenvalue weighted by Crippen LogP contribution is 2.35. The summed E-state index contributed by atoms with van der Waals surface area (Å²) in [5, 5.41) is 18.1. The molecule has 1 fully saturated rings. The summed E-state index contributed by atoms with van der Waals surface area (Å²) < 4.78 is 5.15. The molecule has 0 aliphatic carbocycles. The number of methoxy groups -OCH3 is 1. The highest BCUT2D eigenvalue weighted by Gasteiger charge is 2.38. The highest BCUT2D eigenvalue weighted by molar-refractivity contribution is 5.97. The fourth-order valence-electron chi connectivity index (χ4n) is 3.43. The van der Waals surface area contributed by atoms with Crippen molar-refractivity contribution in [1.29, 1.82) is 0 Å². The van der Waals surface area contributed by atoms with Crippen LogP contribution in [0.25, 0.3) is 0 Å². The smallest absolute Gasteiger partial charge is 0.319 e. The lowest BCUT2D eigenvalue weighted by Crippen LogP contribution is -2.51. The van der Waals surface area contributed by atoms with Gasteiger partial charge in [-0.05, 0) is 54.8 Å². The molecule has 1 aliphatic heterocycles. The van der Waals surface area contributed by atoms with E-state index in [1.54, 1.807) is 12.1 Å². The van der Waals surface area contributed by atoms with Gasteiger partial charge in [0, 0.05) is 11.4 Å². The Bertz CT molecular complexity index is 934. The first-order chi connectivity index (χ1) is 13.3. The second kappa shape index (κ2) is 7.64. The molecule has 0 bridgehead atoms. The molecule has 146 valence electrons. The third kappa shape index (κ3) is 3.93. The van der Waals surface area contributed by atoms with Gasteiger partial charge in [-0.1, -0.05) is 18.7 Å². The number of benzene rings is 2. The van der Waals surface area contributed by atoms with Crippen molar-refractivity contribution in [1.82, 2.24) is 10.6 Å². The second-order valence-corrected chi connectivity index (χ2v) is 6.88. The van der Waals surface area contributed by atoms with E-state index in [2.05, 4.69) is 22.5 Å². The van der Waals surface area contributed by atoms with Gasteiger partial charge in [-0.2, -0.15) is 0 Å². The van der Waals surface area contributed by atoms with Gasteiger partial charge in [-0.15, -0.1) is 0 Å². The lowest BCUT2D eigenvalue weighted by atomic mass is 9.88. The van der Waals surface area contributed by atoms with E-state index in [0.717, 1.165) is 11.1 Å². The first-order valence-corrected chi connectivity index (χ1v) is 8.81. The number of urea groups is 1. The van der Waals surface area contributed by atoms with Crippen LogP contribution in [0.5, 0.6) is 11.5 Å². The molecule has 7 nitrogen and oxygen atoms in total. The Labute approximate surface area is 163 Å². The number of rotatable bonds is 4. The van der Waals surface area contributed by atoms with Crippen LogP contribution in [0.15, 0.2) is 48.7 Å². The fraction of sp³-hybridized carbons (Fsp3) is 0.238. The number of hydrogen-bond donors (Lipinski definition) is 4. The average molecular weight is 381 g/mol. The molecule has 0 spiro atoms. The third-order valence-electron chi connectivity index (χ3n) is 4.60. The Kier molecular flexibility index (Phi) is 5.26. The molecule has 2 aromatic rings. The zero-order chi connectivity index (χ0) is 20.4. The van der Waals surface area contributed by atoms with Crippen molar-refractivity contribution in [3.63, 3.8) is 0 Å². The maximum Gasteiger partial charge on any atom is 0.319 e. The minimum Gasteiger partial charge on any atom is -0.504 e. The van der Waals surface area contributed by atoms with Gasteiger partial charge < -0.3 is 25.8 Å². The monoisotopic (exact) mass is 381 g/mol. The second-order valence-electron chi connectivity index (χ2n) is 6.88. The fourth-order valence-corrected chi connectivity index (χ4v) is 3.43. The normalized spacial score (nSPS) is 18.8. The predicted octanol–water partition coefficient (Wildman–Crippen LogP) is 3.14. The summed E-state index contributed by atoms with van der Waals surface area (Å²) in [5.74, 6) is -0.835. The summed E-state index contributed by atoms with van der Waals surface area (Å²) >= 11 is 0. The van der Waals surface area contributed by atoms with Gasteiger partial charge in [0.05, 0.1) is 13.2 Å². The summed E-state index contributed by atoms with van der Waals surface area (Å²) in [5.41, 5.74) is 3.65. The first-order valence-electron chi connectivity index (χ1n) is 8.81. The van der Waals surface area contributed by atoms with Gasteiger partial charge in [0.15, 0.2) is 11.5 Å². The van der Waals surface area contributed by atoms with Gasteiger partial charge >= 0.3 is 6.03 Å². The molecule has 0 aromatic heterocycles. The molecule has 3 amide bonds. The first kappa shape index (κ1) is 19.3. The number of nitrogens with one attached hydrogen (secondary N) is 3. The number of phenols is 1. The van der Waals surface area contributed by atoms with Crippen LogP contribution >= 0.6 is 0 Å². The Hall–Kier alpha value is -3.48. The molecule has 28 heavy (non-hydrogen) atoms. The van der Waals surface area contributed by atoms with Crippen LogP contribution in [0, 0.1) is 19.8 Å². The number of carbonyl (C=O) groups excluding carboxylic acids is 2. The lowest BCUT2D eigenvalue weighted by Gasteiger charge is -2.34. The van der Waals surface area contributed by atoms with Crippen molar-refractivity contribution in [3.8, 4) is 11.5 Å². The van der Waals surface area contributed by atoms with Crippen LogP contribution in [-0.2, 0) is 4.79 Å². The maximum absolute atomic E-state index is 13.1. The molecular weight excluding hydrogens is 358 g/mol. The van der Waals surface area contributed by atoms with Gasteiger partial charge in [-0.25, -0.2) is 4.79 Å². The van der Waals surface area contributed by atoms with Crippen LogP contribution in [0.3, 0.4) is 0 Å². The summed E-state index contributed by atoms with van der Waals surface area (Å²) in [4.78, 5) is 25.1. The van der Waals surface area contributed by atoms with Crippen molar-refractivity contribution in [2.45, 2.75) is 19.9 Å². The van der Waals surface area contributed by atoms with Gasteiger partial charge in [-0.3, -0.25) is 4.79 Å². The standard InChI is InChI=1S/C21H23N3O4/c1-11-7-12(2)9-15(8-11)23-20(26)18-13(3)22-21(27)24-19(18)14-5-6-16(25)17(10-14)28-4/h5-10,18-19,25H,3H2,1-2,4H3,(H,23,26)(H2,22,24,27)/t18-,19-/m1/s1. The lowest BCUT2D eigenvalue weighted by molar-refractivity contribution is -0.119. The van der Waals surface area contributed by atoms with E-state index >= 15 is 0 Å². The van der Waals surface area contributed by atoms with Crippen LogP contribution < -0.4 is 20.7 Å². The summed E-state index contributed by atoms with van der Waals surface area (Å²) in [6.07, 6.45) is 0. The van der Waals surface area contributed by atoms with Crippen molar-refractivity contribution in [2.24, 2.45) is 5.92 Å². The zero-order valence-electron chi connectivity index (χ0n) is 16.0. The number of phenolic OH excluding ortho intramolecular Hbond substituents is 1. The molecule has 2 aromatic carbocycles.